The van der Waals surface area contributed by atoms with E-state index in [1.54, 1.807) is 0 Å². The predicted octanol–water partition coefficient (Wildman–Crippen LogP) is 6.69. The Labute approximate surface area is 148 Å². The molecule has 1 rings (SSSR count). The lowest BCUT2D eigenvalue weighted by atomic mass is 10.0. The van der Waals surface area contributed by atoms with Crippen LogP contribution in [-0.2, 0) is 11.2 Å². The molecule has 1 aromatic carbocycles. The van der Waals surface area contributed by atoms with Gasteiger partial charge in [0.05, 0.1) is 0 Å². The average molecular weight is 333 g/mol. The lowest BCUT2D eigenvalue weighted by molar-refractivity contribution is -0.137. The van der Waals surface area contributed by atoms with Gasteiger partial charge in [0, 0.05) is 6.42 Å². The number of rotatable bonds is 15. The van der Waals surface area contributed by atoms with Crippen molar-refractivity contribution >= 4 is 5.97 Å². The van der Waals surface area contributed by atoms with Gasteiger partial charge in [-0.25, -0.2) is 0 Å². The first-order valence-corrected chi connectivity index (χ1v) is 9.96. The summed E-state index contributed by atoms with van der Waals surface area (Å²) >= 11 is 0. The summed E-state index contributed by atoms with van der Waals surface area (Å²) in [6.45, 7) is 2.14. The van der Waals surface area contributed by atoms with Crippen LogP contribution in [0.25, 0.3) is 0 Å². The lowest BCUT2D eigenvalue weighted by Gasteiger charge is -2.04. The van der Waals surface area contributed by atoms with Crippen LogP contribution in [0.4, 0.5) is 0 Å². The molecule has 0 aliphatic heterocycles. The summed E-state index contributed by atoms with van der Waals surface area (Å²) in [4.78, 5) is 10.4. The summed E-state index contributed by atoms with van der Waals surface area (Å²) in [5.41, 5.74) is 2.82. The van der Waals surface area contributed by atoms with Crippen LogP contribution in [0.3, 0.4) is 0 Å². The zero-order chi connectivity index (χ0) is 17.5. The second-order valence-corrected chi connectivity index (χ2v) is 7.12. The van der Waals surface area contributed by atoms with Gasteiger partial charge in [-0.15, -0.1) is 0 Å². The van der Waals surface area contributed by atoms with Gasteiger partial charge in [0.25, 0.3) is 0 Å². The van der Waals surface area contributed by atoms with Gasteiger partial charge in [0.1, 0.15) is 0 Å². The van der Waals surface area contributed by atoms with Gasteiger partial charge in [-0.05, 0) is 31.7 Å². The fraction of sp³-hybridized carbons (Fsp3) is 0.682. The second kappa shape index (κ2) is 14.1. The molecule has 0 saturated carbocycles. The topological polar surface area (TPSA) is 37.3 Å². The van der Waals surface area contributed by atoms with Crippen LogP contribution in [0.2, 0.25) is 0 Å². The molecule has 2 nitrogen and oxygen atoms in total. The number of aryl methyl sites for hydroxylation is 2. The van der Waals surface area contributed by atoms with Crippen molar-refractivity contribution in [3.8, 4) is 0 Å². The number of carbonyl (C=O) groups is 1. The average Bonchev–Trinajstić information content (AvgIpc) is 2.56. The Balaban J connectivity index is 1.77. The fourth-order valence-corrected chi connectivity index (χ4v) is 3.13. The van der Waals surface area contributed by atoms with E-state index in [-0.39, 0.29) is 0 Å². The first kappa shape index (κ1) is 20.7. The molecule has 1 aromatic rings. The van der Waals surface area contributed by atoms with Crippen molar-refractivity contribution in [1.82, 2.24) is 0 Å². The Morgan fingerprint density at radius 3 is 1.58 bits per heavy atom. The van der Waals surface area contributed by atoms with E-state index < -0.39 is 5.97 Å². The van der Waals surface area contributed by atoms with E-state index in [1.807, 2.05) is 0 Å². The minimum Gasteiger partial charge on any atom is -0.481 e. The molecule has 0 unspecified atom stereocenters. The van der Waals surface area contributed by atoms with E-state index in [2.05, 4.69) is 31.2 Å². The highest BCUT2D eigenvalue weighted by Gasteiger charge is 1.97. The molecule has 0 radical (unpaired) electrons. The van der Waals surface area contributed by atoms with Crippen LogP contribution in [0.5, 0.6) is 0 Å². The summed E-state index contributed by atoms with van der Waals surface area (Å²) in [7, 11) is 0. The predicted molar refractivity (Wildman–Crippen MR) is 103 cm³/mol. The molecule has 0 spiro atoms. The van der Waals surface area contributed by atoms with E-state index in [0.29, 0.717) is 6.42 Å². The monoisotopic (exact) mass is 332 g/mol. The summed E-state index contributed by atoms with van der Waals surface area (Å²) in [5.74, 6) is -0.658. The number of unbranched alkanes of at least 4 members (excludes halogenated alkanes) is 11. The van der Waals surface area contributed by atoms with Gasteiger partial charge in [0.2, 0.25) is 0 Å². The molecule has 0 amide bonds. The van der Waals surface area contributed by atoms with Crippen molar-refractivity contribution in [3.63, 3.8) is 0 Å². The maximum absolute atomic E-state index is 10.4. The molecule has 0 fully saturated rings. The first-order valence-electron chi connectivity index (χ1n) is 9.96. The summed E-state index contributed by atoms with van der Waals surface area (Å²) < 4.78 is 0. The minimum absolute atomic E-state index is 0.337. The molecule has 1 N–H and O–H groups in total. The highest BCUT2D eigenvalue weighted by Crippen LogP contribution is 2.14. The van der Waals surface area contributed by atoms with Gasteiger partial charge in [-0.3, -0.25) is 4.79 Å². The molecule has 0 bridgehead atoms. The van der Waals surface area contributed by atoms with E-state index in [1.165, 1.54) is 81.8 Å². The van der Waals surface area contributed by atoms with Crippen molar-refractivity contribution in [2.24, 2.45) is 0 Å². The molecule has 2 heteroatoms. The largest absolute Gasteiger partial charge is 0.481 e. The Bertz CT molecular complexity index is 422. The number of carboxylic acid groups (broad SMARTS) is 1. The molecule has 0 saturated heterocycles. The Kier molecular flexibility index (Phi) is 12.2. The molecular weight excluding hydrogens is 296 g/mol. The highest BCUT2D eigenvalue weighted by atomic mass is 16.4. The third kappa shape index (κ3) is 12.2. The van der Waals surface area contributed by atoms with Crippen molar-refractivity contribution < 1.29 is 9.90 Å². The van der Waals surface area contributed by atoms with E-state index in [9.17, 15) is 4.79 Å². The number of hydrogen-bond acceptors (Lipinski definition) is 1. The van der Waals surface area contributed by atoms with Crippen LogP contribution >= 0.6 is 0 Å². The van der Waals surface area contributed by atoms with Crippen LogP contribution in [0.1, 0.15) is 94.6 Å². The Morgan fingerprint density at radius 2 is 1.12 bits per heavy atom. The van der Waals surface area contributed by atoms with Gasteiger partial charge in [-0.2, -0.15) is 0 Å². The van der Waals surface area contributed by atoms with E-state index in [0.717, 1.165) is 12.8 Å². The Hall–Kier alpha value is -1.31. The van der Waals surface area contributed by atoms with Gasteiger partial charge >= 0.3 is 5.97 Å². The normalized spacial score (nSPS) is 10.9. The first-order chi connectivity index (χ1) is 11.7. The molecule has 24 heavy (non-hydrogen) atoms. The van der Waals surface area contributed by atoms with E-state index >= 15 is 0 Å². The van der Waals surface area contributed by atoms with Gasteiger partial charge < -0.3 is 5.11 Å². The highest BCUT2D eigenvalue weighted by molar-refractivity contribution is 5.66. The summed E-state index contributed by atoms with van der Waals surface area (Å²) in [6.07, 6.45) is 16.8. The van der Waals surface area contributed by atoms with Crippen LogP contribution < -0.4 is 0 Å². The zero-order valence-electron chi connectivity index (χ0n) is 15.6. The fourth-order valence-electron chi connectivity index (χ4n) is 3.13. The SMILES string of the molecule is Cc1ccc(CCCCCCCCCCCCCCC(=O)O)cc1. The molecule has 136 valence electrons. The lowest BCUT2D eigenvalue weighted by Crippen LogP contribution is -1.93. The van der Waals surface area contributed by atoms with Crippen molar-refractivity contribution in [2.45, 2.75) is 96.8 Å². The van der Waals surface area contributed by atoms with Crippen LogP contribution in [-0.4, -0.2) is 11.1 Å². The standard InChI is InChI=1S/C22H36O2/c1-20-16-18-21(19-17-20)14-12-10-8-6-4-2-3-5-7-9-11-13-15-22(23)24/h16-19H,2-15H2,1H3,(H,23,24). The smallest absolute Gasteiger partial charge is 0.303 e. The maximum Gasteiger partial charge on any atom is 0.303 e. The van der Waals surface area contributed by atoms with Crippen molar-refractivity contribution in [2.75, 3.05) is 0 Å². The number of aliphatic carboxylic acids is 1. The minimum atomic E-state index is -0.658. The molecule has 0 aliphatic rings. The number of hydrogen-bond donors (Lipinski definition) is 1. The maximum atomic E-state index is 10.4. The third-order valence-corrected chi connectivity index (χ3v) is 4.73. The van der Waals surface area contributed by atoms with Gasteiger partial charge in [-0.1, -0.05) is 94.0 Å². The quantitative estimate of drug-likeness (QED) is 0.363. The van der Waals surface area contributed by atoms with Crippen molar-refractivity contribution in [1.29, 1.82) is 0 Å². The van der Waals surface area contributed by atoms with E-state index in [4.69, 9.17) is 5.11 Å². The third-order valence-electron chi connectivity index (χ3n) is 4.73. The second-order valence-electron chi connectivity index (χ2n) is 7.12. The number of carboxylic acids is 1. The summed E-state index contributed by atoms with van der Waals surface area (Å²) in [6, 6.07) is 8.94. The van der Waals surface area contributed by atoms with Crippen molar-refractivity contribution in [3.05, 3.63) is 35.4 Å². The molecular formula is C22H36O2. The molecule has 0 atom stereocenters. The Morgan fingerprint density at radius 1 is 0.708 bits per heavy atom. The van der Waals surface area contributed by atoms with Crippen LogP contribution in [0, 0.1) is 6.92 Å². The molecule has 0 aliphatic carbocycles. The number of benzene rings is 1. The molecule has 0 heterocycles. The van der Waals surface area contributed by atoms with Gasteiger partial charge in [0.15, 0.2) is 0 Å². The van der Waals surface area contributed by atoms with Crippen LogP contribution in [0.15, 0.2) is 24.3 Å². The summed E-state index contributed by atoms with van der Waals surface area (Å²) in [5, 5.41) is 8.56. The molecule has 0 aromatic heterocycles. The zero-order valence-corrected chi connectivity index (χ0v) is 15.6.